The van der Waals surface area contributed by atoms with Gasteiger partial charge >= 0.3 is 0 Å². The van der Waals surface area contributed by atoms with Gasteiger partial charge in [-0.05, 0) is 17.7 Å². The van der Waals surface area contributed by atoms with E-state index in [2.05, 4.69) is 9.97 Å². The van der Waals surface area contributed by atoms with E-state index >= 15 is 0 Å². The van der Waals surface area contributed by atoms with Crippen molar-refractivity contribution in [3.05, 3.63) is 22.7 Å². The number of hydrogen-bond acceptors (Lipinski definition) is 4. The highest BCUT2D eigenvalue weighted by atomic mass is 35.5. The van der Waals surface area contributed by atoms with Crippen LogP contribution in [0.2, 0.25) is 10.4 Å². The fourth-order valence-electron chi connectivity index (χ4n) is 2.19. The molecular formula is C12H12Cl2N4O2. The molecule has 1 aliphatic heterocycles. The Morgan fingerprint density at radius 1 is 1.30 bits per heavy atom. The summed E-state index contributed by atoms with van der Waals surface area (Å²) in [5.74, 6) is 0.0247. The van der Waals surface area contributed by atoms with Gasteiger partial charge < -0.3 is 14.2 Å². The molecule has 0 aliphatic carbocycles. The molecule has 0 saturated carbocycles. The first kappa shape index (κ1) is 13.6. The Hall–Kier alpha value is -1.37. The van der Waals surface area contributed by atoms with Gasteiger partial charge in [-0.3, -0.25) is 4.79 Å². The van der Waals surface area contributed by atoms with E-state index in [0.717, 1.165) is 0 Å². The Morgan fingerprint density at radius 3 is 2.80 bits per heavy atom. The smallest absolute Gasteiger partial charge is 0.242 e. The van der Waals surface area contributed by atoms with Crippen molar-refractivity contribution in [3.8, 4) is 0 Å². The molecule has 3 heterocycles. The average Bonchev–Trinajstić information content (AvgIpc) is 2.83. The first-order valence-electron chi connectivity index (χ1n) is 6.18. The number of aromatic nitrogens is 3. The highest BCUT2D eigenvalue weighted by molar-refractivity contribution is 6.35. The summed E-state index contributed by atoms with van der Waals surface area (Å²) < 4.78 is 6.96. The third-order valence-electron chi connectivity index (χ3n) is 3.21. The number of carbonyl (C=O) groups is 1. The lowest BCUT2D eigenvalue weighted by atomic mass is 10.4. The lowest BCUT2D eigenvalue weighted by molar-refractivity contribution is -0.135. The van der Waals surface area contributed by atoms with Crippen molar-refractivity contribution in [1.82, 2.24) is 19.4 Å². The number of morpholine rings is 1. The summed E-state index contributed by atoms with van der Waals surface area (Å²) in [6.07, 6.45) is 1.76. The first-order valence-corrected chi connectivity index (χ1v) is 6.94. The zero-order chi connectivity index (χ0) is 14.1. The predicted octanol–water partition coefficient (Wildman–Crippen LogP) is 1.60. The van der Waals surface area contributed by atoms with Gasteiger partial charge in [-0.1, -0.05) is 11.6 Å². The van der Waals surface area contributed by atoms with Gasteiger partial charge in [0.05, 0.1) is 18.6 Å². The Kier molecular flexibility index (Phi) is 3.78. The SMILES string of the molecule is O=C(Cn1ccc2c(Cl)nc(Cl)nc21)N1CCOCC1. The third-order valence-corrected chi connectivity index (χ3v) is 3.67. The number of hydrogen-bond donors (Lipinski definition) is 0. The summed E-state index contributed by atoms with van der Waals surface area (Å²) in [5, 5.41) is 1.05. The van der Waals surface area contributed by atoms with Gasteiger partial charge in [-0.15, -0.1) is 0 Å². The molecule has 0 bridgehead atoms. The highest BCUT2D eigenvalue weighted by Gasteiger charge is 2.18. The number of ether oxygens (including phenoxy) is 1. The van der Waals surface area contributed by atoms with Crippen LogP contribution in [0, 0.1) is 0 Å². The summed E-state index contributed by atoms with van der Waals surface area (Å²) in [4.78, 5) is 22.0. The minimum Gasteiger partial charge on any atom is -0.378 e. The van der Waals surface area contributed by atoms with E-state index in [1.54, 1.807) is 21.7 Å². The molecule has 0 N–H and O–H groups in total. The zero-order valence-corrected chi connectivity index (χ0v) is 12.1. The molecule has 8 heteroatoms. The second kappa shape index (κ2) is 5.55. The summed E-state index contributed by atoms with van der Waals surface area (Å²) in [6.45, 7) is 2.60. The lowest BCUT2D eigenvalue weighted by Crippen LogP contribution is -2.42. The number of rotatable bonds is 2. The van der Waals surface area contributed by atoms with Crippen LogP contribution in [0.1, 0.15) is 0 Å². The monoisotopic (exact) mass is 314 g/mol. The molecule has 1 fully saturated rings. The Bertz CT molecular complexity index is 652. The van der Waals surface area contributed by atoms with E-state index in [1.807, 2.05) is 0 Å². The molecule has 2 aromatic rings. The molecule has 1 amide bonds. The third kappa shape index (κ3) is 2.59. The fourth-order valence-corrected chi connectivity index (χ4v) is 2.62. The van der Waals surface area contributed by atoms with Crippen LogP contribution in [0.4, 0.5) is 0 Å². The predicted molar refractivity (Wildman–Crippen MR) is 74.9 cm³/mol. The normalized spacial score (nSPS) is 15.8. The lowest BCUT2D eigenvalue weighted by Gasteiger charge is -2.27. The van der Waals surface area contributed by atoms with Crippen molar-refractivity contribution >= 4 is 40.1 Å². The molecule has 1 aliphatic rings. The second-order valence-corrected chi connectivity index (χ2v) is 5.15. The van der Waals surface area contributed by atoms with Gasteiger partial charge in [-0.2, -0.15) is 4.98 Å². The summed E-state index contributed by atoms with van der Waals surface area (Å²) in [6, 6.07) is 1.78. The van der Waals surface area contributed by atoms with Crippen molar-refractivity contribution in [1.29, 1.82) is 0 Å². The highest BCUT2D eigenvalue weighted by Crippen LogP contribution is 2.23. The van der Waals surface area contributed by atoms with Crippen LogP contribution < -0.4 is 0 Å². The molecule has 20 heavy (non-hydrogen) atoms. The van der Waals surface area contributed by atoms with E-state index in [-0.39, 0.29) is 22.9 Å². The molecule has 6 nitrogen and oxygen atoms in total. The van der Waals surface area contributed by atoms with Crippen LogP contribution in [-0.4, -0.2) is 51.6 Å². The van der Waals surface area contributed by atoms with Crippen LogP contribution in [0.25, 0.3) is 11.0 Å². The Labute approximate surface area is 125 Å². The molecule has 0 spiro atoms. The summed E-state index contributed by atoms with van der Waals surface area (Å²) in [7, 11) is 0. The largest absolute Gasteiger partial charge is 0.378 e. The van der Waals surface area contributed by atoms with E-state index in [4.69, 9.17) is 27.9 Å². The first-order chi connectivity index (χ1) is 9.65. The molecule has 0 atom stereocenters. The molecule has 0 unspecified atom stereocenters. The Morgan fingerprint density at radius 2 is 2.05 bits per heavy atom. The second-order valence-electron chi connectivity index (χ2n) is 4.46. The number of nitrogens with zero attached hydrogens (tertiary/aromatic N) is 4. The maximum absolute atomic E-state index is 12.2. The molecular weight excluding hydrogens is 303 g/mol. The number of fused-ring (bicyclic) bond motifs is 1. The number of amides is 1. The Balaban J connectivity index is 1.85. The van der Waals surface area contributed by atoms with Gasteiger partial charge in [0.1, 0.15) is 17.3 Å². The fraction of sp³-hybridized carbons (Fsp3) is 0.417. The van der Waals surface area contributed by atoms with Crippen LogP contribution in [0.3, 0.4) is 0 Å². The minimum atomic E-state index is 0.0247. The van der Waals surface area contributed by atoms with E-state index < -0.39 is 0 Å². The summed E-state index contributed by atoms with van der Waals surface area (Å²) in [5.41, 5.74) is 0.566. The van der Waals surface area contributed by atoms with Crippen molar-refractivity contribution in [2.24, 2.45) is 0 Å². The molecule has 2 aromatic heterocycles. The molecule has 0 aromatic carbocycles. The van der Waals surface area contributed by atoms with Gasteiger partial charge in [-0.25, -0.2) is 4.98 Å². The van der Waals surface area contributed by atoms with Crippen molar-refractivity contribution in [3.63, 3.8) is 0 Å². The van der Waals surface area contributed by atoms with E-state index in [1.165, 1.54) is 0 Å². The van der Waals surface area contributed by atoms with Crippen molar-refractivity contribution in [2.75, 3.05) is 26.3 Å². The van der Waals surface area contributed by atoms with E-state index in [0.29, 0.717) is 37.3 Å². The number of halogens is 2. The number of carbonyl (C=O) groups excluding carboxylic acids is 1. The van der Waals surface area contributed by atoms with Crippen LogP contribution in [0.15, 0.2) is 12.3 Å². The van der Waals surface area contributed by atoms with Gasteiger partial charge in [0.25, 0.3) is 0 Å². The quantitative estimate of drug-likeness (QED) is 0.624. The van der Waals surface area contributed by atoms with Crippen LogP contribution >= 0.6 is 23.2 Å². The van der Waals surface area contributed by atoms with Gasteiger partial charge in [0, 0.05) is 19.3 Å². The molecule has 106 valence electrons. The van der Waals surface area contributed by atoms with Gasteiger partial charge in [0.15, 0.2) is 0 Å². The molecule has 0 radical (unpaired) electrons. The van der Waals surface area contributed by atoms with Crippen LogP contribution in [-0.2, 0) is 16.1 Å². The van der Waals surface area contributed by atoms with Crippen molar-refractivity contribution in [2.45, 2.75) is 6.54 Å². The maximum Gasteiger partial charge on any atom is 0.242 e. The van der Waals surface area contributed by atoms with E-state index in [9.17, 15) is 4.79 Å². The summed E-state index contributed by atoms with van der Waals surface area (Å²) >= 11 is 11.8. The standard InChI is InChI=1S/C12H12Cl2N4O2/c13-10-8-1-2-18(11(8)16-12(14)15-10)7-9(19)17-3-5-20-6-4-17/h1-2H,3-7H2. The molecule has 1 saturated heterocycles. The topological polar surface area (TPSA) is 60.2 Å². The molecule has 3 rings (SSSR count). The maximum atomic E-state index is 12.2. The van der Waals surface area contributed by atoms with Gasteiger partial charge in [0.2, 0.25) is 11.2 Å². The zero-order valence-electron chi connectivity index (χ0n) is 10.6. The van der Waals surface area contributed by atoms with Crippen LogP contribution in [0.5, 0.6) is 0 Å². The average molecular weight is 315 g/mol. The van der Waals surface area contributed by atoms with Crippen molar-refractivity contribution < 1.29 is 9.53 Å². The minimum absolute atomic E-state index is 0.0247.